The maximum Gasteiger partial charge on any atom is 0.315 e. The Hall–Kier alpha value is -3.80. The maximum absolute atomic E-state index is 11.9. The lowest BCUT2D eigenvalue weighted by atomic mass is 9.69. The number of fused-ring (bicyclic) bond motifs is 2. The van der Waals surface area contributed by atoms with Crippen LogP contribution in [0.2, 0.25) is 0 Å². The Morgan fingerprint density at radius 3 is 2.48 bits per heavy atom. The van der Waals surface area contributed by atoms with Crippen molar-refractivity contribution in [1.82, 2.24) is 0 Å². The number of hydrogen-bond acceptors (Lipinski definition) is 5. The van der Waals surface area contributed by atoms with Crippen LogP contribution in [-0.2, 0) is 5.41 Å². The number of rotatable bonds is 3. The van der Waals surface area contributed by atoms with Crippen LogP contribution >= 0.6 is 0 Å². The molecule has 156 valence electrons. The predicted molar refractivity (Wildman–Crippen MR) is 120 cm³/mol. The molecule has 0 amide bonds. The molecule has 2 heterocycles. The average molecular weight is 414 g/mol. The van der Waals surface area contributed by atoms with Gasteiger partial charge in [-0.3, -0.25) is 10.1 Å². The van der Waals surface area contributed by atoms with Gasteiger partial charge in [0.25, 0.3) is 0 Å². The molecule has 2 aliphatic heterocycles. The third-order valence-electron chi connectivity index (χ3n) is 6.62. The minimum atomic E-state index is -0.982. The van der Waals surface area contributed by atoms with Gasteiger partial charge in [0.2, 0.25) is 11.5 Å². The van der Waals surface area contributed by atoms with E-state index in [1.807, 2.05) is 49.5 Å². The van der Waals surface area contributed by atoms with Crippen LogP contribution in [-0.4, -0.2) is 24.8 Å². The smallest absolute Gasteiger partial charge is 0.315 e. The molecule has 5 rings (SSSR count). The molecule has 0 saturated carbocycles. The third kappa shape index (κ3) is 2.45. The Morgan fingerprint density at radius 1 is 1.06 bits per heavy atom. The molecular formula is C25H22N2O4. The molecule has 6 heteroatoms. The van der Waals surface area contributed by atoms with Crippen molar-refractivity contribution in [3.05, 3.63) is 99.6 Å². The molecule has 31 heavy (non-hydrogen) atoms. The van der Waals surface area contributed by atoms with E-state index in [2.05, 4.69) is 36.1 Å². The molecule has 2 aliphatic rings. The van der Waals surface area contributed by atoms with Gasteiger partial charge in [0.05, 0.1) is 23.5 Å². The zero-order chi connectivity index (χ0) is 21.8. The van der Waals surface area contributed by atoms with Crippen molar-refractivity contribution in [1.29, 1.82) is 0 Å². The van der Waals surface area contributed by atoms with Crippen LogP contribution in [0.4, 0.5) is 11.4 Å². The molecule has 0 bridgehead atoms. The number of hydrogen-bond donors (Lipinski definition) is 0. The lowest BCUT2D eigenvalue weighted by molar-refractivity contribution is -0.386. The summed E-state index contributed by atoms with van der Waals surface area (Å²) in [4.78, 5) is 13.6. The summed E-state index contributed by atoms with van der Waals surface area (Å²) in [6.45, 7) is 2.13. The molecule has 3 aromatic carbocycles. The van der Waals surface area contributed by atoms with Crippen LogP contribution in [0.25, 0.3) is 6.08 Å². The first-order valence-corrected chi connectivity index (χ1v) is 10.1. The van der Waals surface area contributed by atoms with E-state index in [1.54, 1.807) is 6.07 Å². The fraction of sp³-hybridized carbons (Fsp3) is 0.200. The number of para-hydroxylation sites is 1. The van der Waals surface area contributed by atoms with Crippen molar-refractivity contribution in [2.75, 3.05) is 19.1 Å². The number of methoxy groups -OCH3 is 1. The van der Waals surface area contributed by atoms with E-state index >= 15 is 0 Å². The fourth-order valence-corrected chi connectivity index (χ4v) is 4.97. The molecule has 0 saturated heterocycles. The summed E-state index contributed by atoms with van der Waals surface area (Å²) < 4.78 is 11.9. The van der Waals surface area contributed by atoms with Crippen LogP contribution in [0.5, 0.6) is 11.5 Å². The highest BCUT2D eigenvalue weighted by Crippen LogP contribution is 2.58. The van der Waals surface area contributed by atoms with Crippen molar-refractivity contribution in [3.63, 3.8) is 0 Å². The van der Waals surface area contributed by atoms with E-state index in [1.165, 1.54) is 13.2 Å². The van der Waals surface area contributed by atoms with Gasteiger partial charge in [-0.25, -0.2) is 0 Å². The van der Waals surface area contributed by atoms with E-state index in [0.29, 0.717) is 11.3 Å². The molecule has 0 aromatic heterocycles. The number of ether oxygens (including phenoxy) is 2. The Kier molecular flexibility index (Phi) is 4.09. The van der Waals surface area contributed by atoms with Crippen LogP contribution < -0.4 is 14.4 Å². The zero-order valence-electron chi connectivity index (χ0n) is 17.5. The standard InChI is InChI=1S/C25H22N2O4/c1-24(18-9-5-4-6-10-18)20-11-7-8-12-21(20)26(2)25(24)14-13-17-15-19(30-3)16-22(27(28)29)23(17)31-25/h4-16H,1-3H3. The topological polar surface area (TPSA) is 64.8 Å². The highest BCUT2D eigenvalue weighted by Gasteiger charge is 2.61. The Bertz CT molecular complexity index is 1220. The molecule has 2 unspecified atom stereocenters. The zero-order valence-corrected chi connectivity index (χ0v) is 17.5. The summed E-state index contributed by atoms with van der Waals surface area (Å²) in [6, 6.07) is 21.5. The first-order chi connectivity index (χ1) is 14.9. The minimum Gasteiger partial charge on any atom is -0.496 e. The van der Waals surface area contributed by atoms with Crippen molar-refractivity contribution in [2.45, 2.75) is 18.1 Å². The quantitative estimate of drug-likeness (QED) is 0.437. The Morgan fingerprint density at radius 2 is 1.77 bits per heavy atom. The van der Waals surface area contributed by atoms with Crippen LogP contribution in [0.3, 0.4) is 0 Å². The van der Waals surface area contributed by atoms with Gasteiger partial charge < -0.3 is 14.4 Å². The first kappa shape index (κ1) is 19.2. The van der Waals surface area contributed by atoms with Crippen molar-refractivity contribution in [3.8, 4) is 11.5 Å². The number of benzene rings is 3. The third-order valence-corrected chi connectivity index (χ3v) is 6.62. The molecule has 6 nitrogen and oxygen atoms in total. The van der Waals surface area contributed by atoms with Crippen LogP contribution in [0, 0.1) is 10.1 Å². The monoisotopic (exact) mass is 414 g/mol. The first-order valence-electron chi connectivity index (χ1n) is 10.1. The fourth-order valence-electron chi connectivity index (χ4n) is 4.97. The van der Waals surface area contributed by atoms with E-state index in [4.69, 9.17) is 9.47 Å². The van der Waals surface area contributed by atoms with Gasteiger partial charge in [0.1, 0.15) is 5.75 Å². The van der Waals surface area contributed by atoms with Crippen LogP contribution in [0.1, 0.15) is 23.6 Å². The highest BCUT2D eigenvalue weighted by molar-refractivity contribution is 5.77. The lowest BCUT2D eigenvalue weighted by Gasteiger charge is -2.47. The number of nitro benzene ring substituents is 1. The summed E-state index contributed by atoms with van der Waals surface area (Å²) in [5.74, 6) is 0.665. The highest BCUT2D eigenvalue weighted by atomic mass is 16.6. The largest absolute Gasteiger partial charge is 0.496 e. The number of nitrogens with zero attached hydrogens (tertiary/aromatic N) is 2. The van der Waals surface area contributed by atoms with Gasteiger partial charge >= 0.3 is 5.69 Å². The number of nitro groups is 1. The Labute approximate surface area is 180 Å². The van der Waals surface area contributed by atoms with Crippen molar-refractivity contribution < 1.29 is 14.4 Å². The van der Waals surface area contributed by atoms with Crippen LogP contribution in [0.15, 0.2) is 72.8 Å². The van der Waals surface area contributed by atoms with E-state index in [9.17, 15) is 10.1 Å². The number of likely N-dealkylation sites (N-methyl/N-ethyl adjacent to an activating group) is 1. The molecular weight excluding hydrogens is 392 g/mol. The molecule has 3 aromatic rings. The van der Waals surface area contributed by atoms with E-state index in [0.717, 1.165) is 16.8 Å². The SMILES string of the molecule is COc1cc2c(c([N+](=O)[O-])c1)OC1(C=C2)N(C)c2ccccc2C1(C)c1ccccc1. The summed E-state index contributed by atoms with van der Waals surface area (Å²) in [5.41, 5.74) is 2.11. The normalized spacial score (nSPS) is 23.3. The number of anilines is 1. The molecule has 0 radical (unpaired) electrons. The second kappa shape index (κ2) is 6.60. The summed E-state index contributed by atoms with van der Waals surface area (Å²) in [6.07, 6.45) is 3.91. The Balaban J connectivity index is 1.79. The maximum atomic E-state index is 11.9. The summed E-state index contributed by atoms with van der Waals surface area (Å²) in [7, 11) is 3.46. The minimum absolute atomic E-state index is 0.113. The lowest BCUT2D eigenvalue weighted by Crippen LogP contribution is -2.59. The molecule has 0 fully saturated rings. The second-order valence-corrected chi connectivity index (χ2v) is 8.02. The molecule has 0 N–H and O–H groups in total. The van der Waals surface area contributed by atoms with Crippen molar-refractivity contribution in [2.24, 2.45) is 0 Å². The van der Waals surface area contributed by atoms with Crippen molar-refractivity contribution >= 4 is 17.5 Å². The van der Waals surface area contributed by atoms with E-state index in [-0.39, 0.29) is 11.4 Å². The summed E-state index contributed by atoms with van der Waals surface area (Å²) in [5, 5.41) is 11.9. The second-order valence-electron chi connectivity index (χ2n) is 8.02. The molecule has 2 atom stereocenters. The molecule has 1 spiro atoms. The van der Waals surface area contributed by atoms with Gasteiger partial charge in [-0.05, 0) is 42.3 Å². The van der Waals surface area contributed by atoms with Gasteiger partial charge in [0, 0.05) is 18.3 Å². The van der Waals surface area contributed by atoms with Gasteiger partial charge in [-0.2, -0.15) is 0 Å². The van der Waals surface area contributed by atoms with Gasteiger partial charge in [-0.15, -0.1) is 0 Å². The summed E-state index contributed by atoms with van der Waals surface area (Å²) >= 11 is 0. The average Bonchev–Trinajstić information content (AvgIpc) is 2.99. The van der Waals surface area contributed by atoms with Gasteiger partial charge in [-0.1, -0.05) is 48.5 Å². The molecule has 0 aliphatic carbocycles. The van der Waals surface area contributed by atoms with E-state index < -0.39 is 16.1 Å². The predicted octanol–water partition coefficient (Wildman–Crippen LogP) is 5.16. The van der Waals surface area contributed by atoms with Gasteiger partial charge in [0.15, 0.2) is 0 Å².